The molecule has 0 bridgehead atoms. The van der Waals surface area contributed by atoms with Gasteiger partial charge in [-0.3, -0.25) is 0 Å². The van der Waals surface area contributed by atoms with E-state index < -0.39 is 0 Å². The van der Waals surface area contributed by atoms with Crippen LogP contribution in [0.5, 0.6) is 0 Å². The lowest BCUT2D eigenvalue weighted by atomic mass is 11.0. The summed E-state index contributed by atoms with van der Waals surface area (Å²) >= 11 is 4.39. The normalized spacial score (nSPS) is 9.00. The van der Waals surface area contributed by atoms with Crippen molar-refractivity contribution < 1.29 is 0 Å². The minimum Gasteiger partial charge on any atom is -0.161 e. The molecule has 0 saturated carbocycles. The van der Waals surface area contributed by atoms with Crippen molar-refractivity contribution in [3.63, 3.8) is 0 Å². The van der Waals surface area contributed by atoms with Crippen molar-refractivity contribution in [3.8, 4) is 0 Å². The summed E-state index contributed by atoms with van der Waals surface area (Å²) in [6.45, 7) is 2.19. The van der Waals surface area contributed by atoms with Crippen LogP contribution in [-0.2, 0) is 0 Å². The summed E-state index contributed by atoms with van der Waals surface area (Å²) in [5.74, 6) is 2.58. The summed E-state index contributed by atoms with van der Waals surface area (Å²) in [4.78, 5) is 0. The van der Waals surface area contributed by atoms with Crippen LogP contribution in [-0.4, -0.2) is 15.9 Å². The molecule has 0 radical (unpaired) electrons. The average molecular weight is 216 g/mol. The van der Waals surface area contributed by atoms with E-state index in [9.17, 15) is 0 Å². The molecular formula is C4H9IS. The summed E-state index contributed by atoms with van der Waals surface area (Å²) in [6, 6.07) is 0. The third kappa shape index (κ3) is 5.08. The van der Waals surface area contributed by atoms with Gasteiger partial charge in [0, 0.05) is 10.2 Å². The summed E-state index contributed by atoms with van der Waals surface area (Å²) in [5.41, 5.74) is 0. The summed E-state index contributed by atoms with van der Waals surface area (Å²) < 4.78 is 1.29. The first-order valence-electron chi connectivity index (χ1n) is 2.05. The zero-order valence-electron chi connectivity index (χ0n) is 3.91. The lowest BCUT2D eigenvalue weighted by Crippen LogP contribution is -1.75. The number of rotatable bonds is 3. The second-order valence-electron chi connectivity index (χ2n) is 0.886. The SMILES string of the molecule is CCSCCI. The standard InChI is InChI=1S/C4H9IS/c1-2-6-4-3-5/h2-4H2,1H3. The zero-order chi connectivity index (χ0) is 4.83. The molecule has 2 heteroatoms. The van der Waals surface area contributed by atoms with Crippen LogP contribution in [0.3, 0.4) is 0 Å². The molecule has 0 amide bonds. The Labute approximate surface area is 57.2 Å². The van der Waals surface area contributed by atoms with E-state index in [-0.39, 0.29) is 0 Å². The molecule has 0 aromatic carbocycles. The Morgan fingerprint density at radius 3 is 2.50 bits per heavy atom. The molecule has 0 saturated heterocycles. The Hall–Kier alpha value is 1.08. The molecule has 0 N–H and O–H groups in total. The Morgan fingerprint density at radius 1 is 1.67 bits per heavy atom. The molecule has 0 unspecified atom stereocenters. The number of thioether (sulfide) groups is 1. The van der Waals surface area contributed by atoms with Gasteiger partial charge in [-0.25, -0.2) is 0 Å². The Balaban J connectivity index is 2.34. The topological polar surface area (TPSA) is 0 Å². The van der Waals surface area contributed by atoms with Gasteiger partial charge < -0.3 is 0 Å². The van der Waals surface area contributed by atoms with E-state index >= 15 is 0 Å². The largest absolute Gasteiger partial charge is 0.161 e. The minimum absolute atomic E-state index is 1.27. The Bertz CT molecular complexity index is 19.5. The van der Waals surface area contributed by atoms with Gasteiger partial charge in [-0.05, 0) is 5.75 Å². The first-order valence-corrected chi connectivity index (χ1v) is 4.73. The smallest absolute Gasteiger partial charge is 0.00863 e. The molecule has 0 aliphatic rings. The number of halogens is 1. The molecule has 6 heavy (non-hydrogen) atoms. The van der Waals surface area contributed by atoms with E-state index in [4.69, 9.17) is 0 Å². The quantitative estimate of drug-likeness (QED) is 0.395. The molecule has 0 heterocycles. The van der Waals surface area contributed by atoms with E-state index in [0.717, 1.165) is 0 Å². The molecule has 0 aliphatic carbocycles. The van der Waals surface area contributed by atoms with E-state index in [1.54, 1.807) is 0 Å². The third-order valence-electron chi connectivity index (χ3n) is 0.426. The zero-order valence-corrected chi connectivity index (χ0v) is 6.88. The van der Waals surface area contributed by atoms with Crippen molar-refractivity contribution >= 4 is 34.4 Å². The van der Waals surface area contributed by atoms with Crippen LogP contribution in [0.2, 0.25) is 0 Å². The predicted octanol–water partition coefficient (Wildman–Crippen LogP) is 2.17. The third-order valence-corrected chi connectivity index (χ3v) is 2.60. The van der Waals surface area contributed by atoms with Gasteiger partial charge in [-0.15, -0.1) is 0 Å². The summed E-state index contributed by atoms with van der Waals surface area (Å²) in [7, 11) is 0. The van der Waals surface area contributed by atoms with Crippen molar-refractivity contribution in [3.05, 3.63) is 0 Å². The molecule has 38 valence electrons. The van der Waals surface area contributed by atoms with Crippen LogP contribution in [0, 0.1) is 0 Å². The highest BCUT2D eigenvalue weighted by Crippen LogP contribution is 1.98. The summed E-state index contributed by atoms with van der Waals surface area (Å²) in [5, 5.41) is 0. The molecule has 0 atom stereocenters. The van der Waals surface area contributed by atoms with Crippen LogP contribution in [0.1, 0.15) is 6.92 Å². The second kappa shape index (κ2) is 6.08. The van der Waals surface area contributed by atoms with Gasteiger partial charge >= 0.3 is 0 Å². The first kappa shape index (κ1) is 7.08. The molecule has 0 nitrogen and oxygen atoms in total. The lowest BCUT2D eigenvalue weighted by molar-refractivity contribution is 1.49. The van der Waals surface area contributed by atoms with Gasteiger partial charge in [0.1, 0.15) is 0 Å². The van der Waals surface area contributed by atoms with Crippen LogP contribution >= 0.6 is 34.4 Å². The van der Waals surface area contributed by atoms with Crippen LogP contribution in [0.25, 0.3) is 0 Å². The lowest BCUT2D eigenvalue weighted by Gasteiger charge is -1.85. The van der Waals surface area contributed by atoms with Crippen molar-refractivity contribution in [1.29, 1.82) is 0 Å². The second-order valence-corrected chi connectivity index (χ2v) is 3.36. The summed E-state index contributed by atoms with van der Waals surface area (Å²) in [6.07, 6.45) is 0. The van der Waals surface area contributed by atoms with Gasteiger partial charge in [0.25, 0.3) is 0 Å². The highest BCUT2D eigenvalue weighted by atomic mass is 127. The van der Waals surface area contributed by atoms with Crippen LogP contribution < -0.4 is 0 Å². The van der Waals surface area contributed by atoms with E-state index in [1.165, 1.54) is 15.9 Å². The van der Waals surface area contributed by atoms with Crippen molar-refractivity contribution in [2.45, 2.75) is 6.92 Å². The van der Waals surface area contributed by atoms with E-state index in [0.29, 0.717) is 0 Å². The fourth-order valence-electron chi connectivity index (χ4n) is 0.199. The molecular weight excluding hydrogens is 207 g/mol. The van der Waals surface area contributed by atoms with Crippen LogP contribution in [0.4, 0.5) is 0 Å². The highest BCUT2D eigenvalue weighted by Gasteiger charge is 1.76. The maximum atomic E-state index is 2.39. The fourth-order valence-corrected chi connectivity index (χ4v) is 1.53. The fraction of sp³-hybridized carbons (Fsp3) is 1.00. The Morgan fingerprint density at radius 2 is 2.33 bits per heavy atom. The van der Waals surface area contributed by atoms with Crippen molar-refractivity contribution in [2.24, 2.45) is 0 Å². The maximum Gasteiger partial charge on any atom is 0.00863 e. The van der Waals surface area contributed by atoms with E-state index in [2.05, 4.69) is 29.5 Å². The minimum atomic E-state index is 1.27. The van der Waals surface area contributed by atoms with Gasteiger partial charge in [-0.1, -0.05) is 29.5 Å². The molecule has 0 fully saturated rings. The van der Waals surface area contributed by atoms with Crippen molar-refractivity contribution in [1.82, 2.24) is 0 Å². The number of hydrogen-bond acceptors (Lipinski definition) is 1. The maximum absolute atomic E-state index is 2.39. The first-order chi connectivity index (χ1) is 2.91. The van der Waals surface area contributed by atoms with Gasteiger partial charge in [0.2, 0.25) is 0 Å². The molecule has 0 rings (SSSR count). The average Bonchev–Trinajstić information content (AvgIpc) is 1.61. The Kier molecular flexibility index (Phi) is 7.17. The van der Waals surface area contributed by atoms with Gasteiger partial charge in [0.15, 0.2) is 0 Å². The van der Waals surface area contributed by atoms with Gasteiger partial charge in [0.05, 0.1) is 0 Å². The van der Waals surface area contributed by atoms with Crippen LogP contribution in [0.15, 0.2) is 0 Å². The predicted molar refractivity (Wildman–Crippen MR) is 41.9 cm³/mol. The van der Waals surface area contributed by atoms with Gasteiger partial charge in [-0.2, -0.15) is 11.8 Å². The molecule has 0 aromatic rings. The van der Waals surface area contributed by atoms with E-state index in [1.807, 2.05) is 11.8 Å². The number of alkyl halides is 1. The molecule has 0 aromatic heterocycles. The monoisotopic (exact) mass is 216 g/mol. The highest BCUT2D eigenvalue weighted by molar-refractivity contribution is 14.1. The molecule has 0 spiro atoms. The number of hydrogen-bond donors (Lipinski definition) is 0. The van der Waals surface area contributed by atoms with Crippen molar-refractivity contribution in [2.75, 3.05) is 15.9 Å². The molecule has 0 aliphatic heterocycles.